The number of hydrogen-bond acceptors (Lipinski definition) is 3. The van der Waals surface area contributed by atoms with E-state index in [0.29, 0.717) is 24.3 Å². The molecule has 26 heavy (non-hydrogen) atoms. The van der Waals surface area contributed by atoms with Crippen LogP contribution in [-0.2, 0) is 4.79 Å². The second-order valence-corrected chi connectivity index (χ2v) is 7.65. The third-order valence-corrected chi connectivity index (χ3v) is 5.92. The van der Waals surface area contributed by atoms with E-state index in [1.54, 1.807) is 0 Å². The minimum atomic E-state index is 0.148. The summed E-state index contributed by atoms with van der Waals surface area (Å²) in [5.41, 5.74) is 3.56. The summed E-state index contributed by atoms with van der Waals surface area (Å²) in [4.78, 5) is 14.6. The Morgan fingerprint density at radius 2 is 1.96 bits per heavy atom. The normalized spacial score (nSPS) is 22.3. The van der Waals surface area contributed by atoms with Crippen LogP contribution in [0.3, 0.4) is 0 Å². The summed E-state index contributed by atoms with van der Waals surface area (Å²) in [6.07, 6.45) is 6.29. The second-order valence-electron chi connectivity index (χ2n) is 7.65. The van der Waals surface area contributed by atoms with Crippen LogP contribution in [0.2, 0.25) is 0 Å². The van der Waals surface area contributed by atoms with Gasteiger partial charge in [-0.3, -0.25) is 4.79 Å². The highest BCUT2D eigenvalue weighted by molar-refractivity contribution is 5.80. The molecule has 2 heterocycles. The third kappa shape index (κ3) is 3.35. The molecule has 1 aromatic heterocycles. The Hall–Kier alpha value is -2.30. The van der Waals surface area contributed by atoms with Crippen LogP contribution in [0, 0.1) is 25.7 Å². The number of amides is 1. The highest BCUT2D eigenvalue weighted by Crippen LogP contribution is 2.36. The summed E-state index contributed by atoms with van der Waals surface area (Å²) in [6.45, 7) is 6.66. The smallest absolute Gasteiger partial charge is 0.233 e. The van der Waals surface area contributed by atoms with Crippen molar-refractivity contribution < 1.29 is 9.53 Å². The molecule has 1 saturated heterocycles. The maximum Gasteiger partial charge on any atom is 0.233 e. The maximum absolute atomic E-state index is 12.5. The highest BCUT2D eigenvalue weighted by atomic mass is 16.5. The van der Waals surface area contributed by atoms with Crippen molar-refractivity contribution in [1.29, 1.82) is 0 Å². The molecule has 1 aliphatic heterocycles. The van der Waals surface area contributed by atoms with Crippen molar-refractivity contribution in [2.45, 2.75) is 39.5 Å². The Morgan fingerprint density at radius 3 is 2.65 bits per heavy atom. The van der Waals surface area contributed by atoms with Gasteiger partial charge in [0, 0.05) is 37.2 Å². The minimum Gasteiger partial charge on any atom is -0.476 e. The van der Waals surface area contributed by atoms with Crippen LogP contribution in [-0.4, -0.2) is 40.3 Å². The Morgan fingerprint density at radius 1 is 1.15 bits per heavy atom. The predicted molar refractivity (Wildman–Crippen MR) is 101 cm³/mol. The molecule has 0 bridgehead atoms. The van der Waals surface area contributed by atoms with Gasteiger partial charge in [-0.05, 0) is 62.8 Å². The fourth-order valence-electron chi connectivity index (χ4n) is 3.85. The molecule has 1 saturated carbocycles. The van der Waals surface area contributed by atoms with Gasteiger partial charge in [-0.15, -0.1) is 5.10 Å². The number of carbonyl (C=O) groups is 1. The minimum absolute atomic E-state index is 0.148. The molecule has 2 aliphatic rings. The molecule has 0 spiro atoms. The average Bonchev–Trinajstić information content (AvgIpc) is 3.28. The lowest BCUT2D eigenvalue weighted by molar-refractivity contribution is -0.141. The Balaban J connectivity index is 1.34. The fourth-order valence-corrected chi connectivity index (χ4v) is 3.85. The Labute approximate surface area is 154 Å². The molecule has 0 radical (unpaired) electrons. The monoisotopic (exact) mass is 353 g/mol. The van der Waals surface area contributed by atoms with Gasteiger partial charge in [0.25, 0.3) is 0 Å². The van der Waals surface area contributed by atoms with Crippen molar-refractivity contribution in [1.82, 2.24) is 14.7 Å². The topological polar surface area (TPSA) is 47.4 Å². The van der Waals surface area contributed by atoms with Crippen molar-refractivity contribution in [2.75, 3.05) is 19.7 Å². The molecular formula is C21H27N3O2. The number of aryl methyl sites for hydroxylation is 2. The highest BCUT2D eigenvalue weighted by Gasteiger charge is 2.39. The average molecular weight is 353 g/mol. The molecule has 2 fully saturated rings. The van der Waals surface area contributed by atoms with Crippen molar-refractivity contribution in [3.8, 4) is 11.6 Å². The van der Waals surface area contributed by atoms with Gasteiger partial charge in [0.05, 0.1) is 12.3 Å². The van der Waals surface area contributed by atoms with Crippen LogP contribution in [0.5, 0.6) is 5.88 Å². The maximum atomic E-state index is 12.5. The number of hydrogen-bond donors (Lipinski definition) is 0. The summed E-state index contributed by atoms with van der Waals surface area (Å²) < 4.78 is 7.75. The van der Waals surface area contributed by atoms with Gasteiger partial charge in [-0.1, -0.05) is 6.07 Å². The largest absolute Gasteiger partial charge is 0.476 e. The first-order valence-electron chi connectivity index (χ1n) is 9.67. The number of likely N-dealkylation sites (tertiary alicyclic amines) is 1. The first-order chi connectivity index (χ1) is 12.6. The van der Waals surface area contributed by atoms with Crippen LogP contribution < -0.4 is 4.74 Å². The van der Waals surface area contributed by atoms with Crippen molar-refractivity contribution in [2.24, 2.45) is 11.8 Å². The zero-order chi connectivity index (χ0) is 18.1. The number of nitrogens with zero attached hydrogens (tertiary/aromatic N) is 3. The molecule has 1 amide bonds. The summed E-state index contributed by atoms with van der Waals surface area (Å²) in [5.74, 6) is 1.44. The van der Waals surface area contributed by atoms with E-state index in [1.807, 2.05) is 21.8 Å². The Bertz CT molecular complexity index is 792. The number of rotatable bonds is 5. The van der Waals surface area contributed by atoms with Crippen LogP contribution in [0.1, 0.15) is 36.8 Å². The van der Waals surface area contributed by atoms with Crippen LogP contribution >= 0.6 is 0 Å². The SMILES string of the molecule is Cc1ccc(-n2ccc(OC[C@@H]3CC[C@@H]3C(=O)N3CCCC3)n2)cc1C. The molecule has 4 rings (SSSR count). The lowest BCUT2D eigenvalue weighted by atomic mass is 9.73. The number of aromatic nitrogens is 2. The van der Waals surface area contributed by atoms with Gasteiger partial charge in [-0.2, -0.15) is 0 Å². The lowest BCUT2D eigenvalue weighted by Crippen LogP contribution is -2.44. The summed E-state index contributed by atoms with van der Waals surface area (Å²) in [5, 5.41) is 4.53. The van der Waals surface area contributed by atoms with E-state index in [0.717, 1.165) is 44.5 Å². The van der Waals surface area contributed by atoms with E-state index >= 15 is 0 Å². The van der Waals surface area contributed by atoms with Gasteiger partial charge < -0.3 is 9.64 Å². The molecule has 1 aromatic carbocycles. The van der Waals surface area contributed by atoms with E-state index in [-0.39, 0.29) is 5.92 Å². The fraction of sp³-hybridized carbons (Fsp3) is 0.524. The summed E-state index contributed by atoms with van der Waals surface area (Å²) in [7, 11) is 0. The molecule has 5 nitrogen and oxygen atoms in total. The molecule has 2 atom stereocenters. The first kappa shape index (κ1) is 17.1. The molecular weight excluding hydrogens is 326 g/mol. The van der Waals surface area contributed by atoms with Gasteiger partial charge >= 0.3 is 0 Å². The van der Waals surface area contributed by atoms with Crippen molar-refractivity contribution >= 4 is 5.91 Å². The van der Waals surface area contributed by atoms with Crippen LogP contribution in [0.15, 0.2) is 30.5 Å². The Kier molecular flexibility index (Phi) is 4.70. The zero-order valence-corrected chi connectivity index (χ0v) is 15.6. The van der Waals surface area contributed by atoms with Gasteiger partial charge in [0.1, 0.15) is 0 Å². The van der Waals surface area contributed by atoms with E-state index < -0.39 is 0 Å². The summed E-state index contributed by atoms with van der Waals surface area (Å²) >= 11 is 0. The molecule has 0 unspecified atom stereocenters. The molecule has 0 N–H and O–H groups in total. The van der Waals surface area contributed by atoms with E-state index in [2.05, 4.69) is 37.1 Å². The molecule has 138 valence electrons. The predicted octanol–water partition coefficient (Wildman–Crippen LogP) is 3.52. The standard InChI is InChI=1S/C21H27N3O2/c1-15-5-7-18(13-16(15)2)24-12-9-20(22-24)26-14-17-6-8-19(17)21(25)23-10-3-4-11-23/h5,7,9,12-13,17,19H,3-4,6,8,10-11,14H2,1-2H3/t17-,19-/m0/s1. The quantitative estimate of drug-likeness (QED) is 0.826. The number of ether oxygens (including phenoxy) is 1. The van der Waals surface area contributed by atoms with Gasteiger partial charge in [-0.25, -0.2) is 4.68 Å². The summed E-state index contributed by atoms with van der Waals surface area (Å²) in [6, 6.07) is 8.19. The number of carbonyl (C=O) groups excluding carboxylic acids is 1. The van der Waals surface area contributed by atoms with Crippen LogP contribution in [0.4, 0.5) is 0 Å². The third-order valence-electron chi connectivity index (χ3n) is 5.92. The molecule has 2 aromatic rings. The molecule has 1 aliphatic carbocycles. The second kappa shape index (κ2) is 7.14. The van der Waals surface area contributed by atoms with Gasteiger partial charge in [0.2, 0.25) is 11.8 Å². The number of benzene rings is 1. The zero-order valence-electron chi connectivity index (χ0n) is 15.6. The van der Waals surface area contributed by atoms with E-state index in [9.17, 15) is 4.79 Å². The van der Waals surface area contributed by atoms with Crippen molar-refractivity contribution in [3.05, 3.63) is 41.6 Å². The van der Waals surface area contributed by atoms with Crippen LogP contribution in [0.25, 0.3) is 5.69 Å². The van der Waals surface area contributed by atoms with Gasteiger partial charge in [0.15, 0.2) is 0 Å². The lowest BCUT2D eigenvalue weighted by Gasteiger charge is -2.37. The first-order valence-corrected chi connectivity index (χ1v) is 9.67. The van der Waals surface area contributed by atoms with E-state index in [1.165, 1.54) is 11.1 Å². The van der Waals surface area contributed by atoms with E-state index in [4.69, 9.17) is 4.74 Å². The molecule has 5 heteroatoms. The van der Waals surface area contributed by atoms with Crippen molar-refractivity contribution in [3.63, 3.8) is 0 Å².